The second-order valence-corrected chi connectivity index (χ2v) is 10.5. The number of aromatic nitrogens is 1. The van der Waals surface area contributed by atoms with Gasteiger partial charge in [0.05, 0.1) is 20.4 Å². The van der Waals surface area contributed by atoms with E-state index in [0.29, 0.717) is 0 Å². The molecule has 2 nitrogen and oxygen atoms in total. The molecule has 4 aromatic rings. The largest absolute Gasteiger partial charge is 0.464 e. The first-order chi connectivity index (χ1) is 13.1. The van der Waals surface area contributed by atoms with Crippen LogP contribution in [0.4, 0.5) is 0 Å². The molecule has 0 radical (unpaired) electrons. The molecule has 6 rings (SSSR count). The average molecular weight is 522 g/mol. The van der Waals surface area contributed by atoms with Crippen LogP contribution in [-0.2, 0) is 12.8 Å². The molecular weight excluding hydrogens is 510 g/mol. The molecular formula is C21H12Br2ClNOS. The van der Waals surface area contributed by atoms with Crippen LogP contribution in [0.2, 0.25) is 4.34 Å². The Morgan fingerprint density at radius 2 is 1.93 bits per heavy atom. The van der Waals surface area contributed by atoms with Gasteiger partial charge in [-0.15, -0.1) is 11.3 Å². The molecule has 0 saturated heterocycles. The highest BCUT2D eigenvalue weighted by Crippen LogP contribution is 2.52. The van der Waals surface area contributed by atoms with Gasteiger partial charge >= 0.3 is 0 Å². The lowest BCUT2D eigenvalue weighted by atomic mass is 9.88. The van der Waals surface area contributed by atoms with Gasteiger partial charge in [0, 0.05) is 19.9 Å². The summed E-state index contributed by atoms with van der Waals surface area (Å²) in [5.41, 5.74) is 6.51. The topological polar surface area (TPSA) is 14.2 Å². The van der Waals surface area contributed by atoms with Crippen LogP contribution in [0.1, 0.15) is 22.2 Å². The highest BCUT2D eigenvalue weighted by molar-refractivity contribution is 9.10. The molecule has 0 fully saturated rings. The summed E-state index contributed by atoms with van der Waals surface area (Å²) in [5.74, 6) is 0.948. The molecule has 0 bridgehead atoms. The van der Waals surface area contributed by atoms with Crippen LogP contribution in [0.25, 0.3) is 22.2 Å². The van der Waals surface area contributed by atoms with Crippen LogP contribution < -0.4 is 4.74 Å². The van der Waals surface area contributed by atoms with Gasteiger partial charge in [0.15, 0.2) is 0 Å². The predicted molar refractivity (Wildman–Crippen MR) is 118 cm³/mol. The molecule has 2 aromatic heterocycles. The van der Waals surface area contributed by atoms with Crippen LogP contribution in [0.5, 0.6) is 5.75 Å². The van der Waals surface area contributed by atoms with Gasteiger partial charge in [-0.1, -0.05) is 43.5 Å². The number of fused-ring (bicyclic) bond motifs is 3. The smallest absolute Gasteiger partial charge is 0.212 e. The number of ether oxygens (including phenoxy) is 1. The summed E-state index contributed by atoms with van der Waals surface area (Å²) in [6, 6.07) is 14.9. The Labute approximate surface area is 182 Å². The van der Waals surface area contributed by atoms with Crippen molar-refractivity contribution < 1.29 is 4.74 Å². The lowest BCUT2D eigenvalue weighted by molar-refractivity contribution is 0.176. The van der Waals surface area contributed by atoms with Crippen molar-refractivity contribution in [1.82, 2.24) is 4.57 Å². The average Bonchev–Trinajstić information content (AvgIpc) is 3.21. The highest BCUT2D eigenvalue weighted by atomic mass is 79.9. The van der Waals surface area contributed by atoms with Gasteiger partial charge in [0.25, 0.3) is 0 Å². The third-order valence-corrected chi connectivity index (χ3v) is 7.62. The molecule has 1 unspecified atom stereocenters. The maximum absolute atomic E-state index is 6.58. The van der Waals surface area contributed by atoms with Crippen molar-refractivity contribution in [3.63, 3.8) is 0 Å². The number of hydrogen-bond acceptors (Lipinski definition) is 2. The second kappa shape index (κ2) is 5.86. The molecule has 1 atom stereocenters. The SMILES string of the molecule is Clc1ccc(C2Oc3cc(Br)cc4c3-c3c(c5cc(Br)ccc5n32)CC4)s1. The van der Waals surface area contributed by atoms with Crippen LogP contribution in [0.3, 0.4) is 0 Å². The maximum atomic E-state index is 6.58. The monoisotopic (exact) mass is 519 g/mol. The quantitative estimate of drug-likeness (QED) is 0.252. The zero-order chi connectivity index (χ0) is 18.3. The normalized spacial score (nSPS) is 17.1. The van der Waals surface area contributed by atoms with E-state index in [1.54, 1.807) is 11.3 Å². The zero-order valence-electron chi connectivity index (χ0n) is 13.9. The zero-order valence-corrected chi connectivity index (χ0v) is 18.7. The molecule has 2 aromatic carbocycles. The van der Waals surface area contributed by atoms with Crippen molar-refractivity contribution in [1.29, 1.82) is 0 Å². The van der Waals surface area contributed by atoms with Crippen LogP contribution in [0, 0.1) is 0 Å². The van der Waals surface area contributed by atoms with Crippen molar-refractivity contribution in [2.75, 3.05) is 0 Å². The number of thiophene rings is 1. The van der Waals surface area contributed by atoms with E-state index in [1.165, 1.54) is 33.3 Å². The number of hydrogen-bond donors (Lipinski definition) is 0. The summed E-state index contributed by atoms with van der Waals surface area (Å²) < 4.78 is 11.9. The molecule has 134 valence electrons. The molecule has 1 aliphatic heterocycles. The minimum absolute atomic E-state index is 0.206. The lowest BCUT2D eigenvalue weighted by Crippen LogP contribution is -2.23. The Kier molecular flexibility index (Phi) is 3.62. The van der Waals surface area contributed by atoms with Crippen molar-refractivity contribution >= 4 is 65.7 Å². The first-order valence-electron chi connectivity index (χ1n) is 8.67. The number of halogens is 3. The van der Waals surface area contributed by atoms with Gasteiger partial charge in [0.2, 0.25) is 6.23 Å². The van der Waals surface area contributed by atoms with Crippen molar-refractivity contribution in [2.45, 2.75) is 19.1 Å². The minimum atomic E-state index is -0.206. The van der Waals surface area contributed by atoms with Gasteiger partial charge in [-0.25, -0.2) is 0 Å². The van der Waals surface area contributed by atoms with E-state index < -0.39 is 0 Å². The van der Waals surface area contributed by atoms with Crippen molar-refractivity contribution in [3.8, 4) is 17.0 Å². The molecule has 0 spiro atoms. The van der Waals surface area contributed by atoms with Crippen molar-refractivity contribution in [3.05, 3.63) is 71.8 Å². The molecule has 27 heavy (non-hydrogen) atoms. The van der Waals surface area contributed by atoms with Crippen LogP contribution in [-0.4, -0.2) is 4.57 Å². The molecule has 6 heteroatoms. The Hall–Kier alpha value is -1.27. The highest BCUT2D eigenvalue weighted by Gasteiger charge is 2.36. The first kappa shape index (κ1) is 16.7. The number of rotatable bonds is 1. The standard InChI is InChI=1S/C21H12Br2ClNOS/c22-11-2-4-15-14(8-11)13-3-1-10-7-12(23)9-16-19(10)20(13)25(15)21(26-16)17-5-6-18(24)27-17/h2,4-9,21H,1,3H2. The van der Waals surface area contributed by atoms with E-state index >= 15 is 0 Å². The third kappa shape index (κ3) is 2.35. The van der Waals surface area contributed by atoms with Gasteiger partial charge in [0.1, 0.15) is 5.75 Å². The molecule has 2 aliphatic rings. The van der Waals surface area contributed by atoms with Gasteiger partial charge in [-0.3, -0.25) is 4.57 Å². The van der Waals surface area contributed by atoms with E-state index in [0.717, 1.165) is 36.8 Å². The molecule has 0 saturated carbocycles. The fourth-order valence-corrected chi connectivity index (χ4v) is 6.32. The van der Waals surface area contributed by atoms with Gasteiger partial charge < -0.3 is 4.74 Å². The summed E-state index contributed by atoms with van der Waals surface area (Å²) in [5, 5.41) is 1.30. The third-order valence-electron chi connectivity index (χ3n) is 5.41. The minimum Gasteiger partial charge on any atom is -0.464 e. The van der Waals surface area contributed by atoms with Crippen LogP contribution in [0.15, 0.2) is 51.4 Å². The van der Waals surface area contributed by atoms with E-state index in [1.807, 2.05) is 6.07 Å². The predicted octanol–water partition coefficient (Wildman–Crippen LogP) is 7.59. The van der Waals surface area contributed by atoms with E-state index in [9.17, 15) is 0 Å². The lowest BCUT2D eigenvalue weighted by Gasteiger charge is -2.33. The number of nitrogens with zero attached hydrogens (tertiary/aromatic N) is 1. The summed E-state index contributed by atoms with van der Waals surface area (Å²) >= 11 is 15.1. The summed E-state index contributed by atoms with van der Waals surface area (Å²) in [7, 11) is 0. The van der Waals surface area contributed by atoms with Crippen LogP contribution >= 0.6 is 54.8 Å². The number of benzene rings is 2. The number of aryl methyl sites for hydroxylation is 2. The molecule has 0 N–H and O–H groups in total. The Morgan fingerprint density at radius 3 is 2.74 bits per heavy atom. The first-order valence-corrected chi connectivity index (χ1v) is 11.5. The van der Waals surface area contributed by atoms with E-state index in [-0.39, 0.29) is 6.23 Å². The summed E-state index contributed by atoms with van der Waals surface area (Å²) in [6.45, 7) is 0. The van der Waals surface area contributed by atoms with Crippen molar-refractivity contribution in [2.24, 2.45) is 0 Å². The van der Waals surface area contributed by atoms with Gasteiger partial charge in [-0.05, 0) is 66.4 Å². The molecule has 3 heterocycles. The maximum Gasteiger partial charge on any atom is 0.212 e. The second-order valence-electron chi connectivity index (χ2n) is 6.91. The Balaban J connectivity index is 1.75. The Bertz CT molecular complexity index is 1260. The molecule has 1 aliphatic carbocycles. The summed E-state index contributed by atoms with van der Waals surface area (Å²) in [4.78, 5) is 1.11. The van der Waals surface area contributed by atoms with E-state index in [4.69, 9.17) is 16.3 Å². The van der Waals surface area contributed by atoms with Gasteiger partial charge in [-0.2, -0.15) is 0 Å². The fraction of sp³-hybridized carbons (Fsp3) is 0.143. The Morgan fingerprint density at radius 1 is 1.04 bits per heavy atom. The van der Waals surface area contributed by atoms with E-state index in [2.05, 4.69) is 72.8 Å². The summed E-state index contributed by atoms with van der Waals surface area (Å²) in [6.07, 6.45) is 1.86. The molecule has 0 amide bonds. The fourth-order valence-electron chi connectivity index (χ4n) is 4.40.